The highest BCUT2D eigenvalue weighted by Crippen LogP contribution is 2.38. The first kappa shape index (κ1) is 27.1. The van der Waals surface area contributed by atoms with Gasteiger partial charge >= 0.3 is 0 Å². The van der Waals surface area contributed by atoms with E-state index < -0.39 is 11.7 Å². The van der Waals surface area contributed by atoms with Crippen LogP contribution in [0.4, 0.5) is 21.5 Å². The zero-order chi connectivity index (χ0) is 28.4. The van der Waals surface area contributed by atoms with Crippen molar-refractivity contribution in [1.82, 2.24) is 10.2 Å². The van der Waals surface area contributed by atoms with Gasteiger partial charge < -0.3 is 31.3 Å². The summed E-state index contributed by atoms with van der Waals surface area (Å²) in [6.45, 7) is 3.87. The molecule has 0 aliphatic carbocycles. The third-order valence-corrected chi connectivity index (χ3v) is 7.09. The number of carbonyl (C=O) groups excluding carboxylic acids is 2. The number of likely N-dealkylation sites (N-methyl/N-ethyl adjacent to an activating group) is 1. The van der Waals surface area contributed by atoms with Gasteiger partial charge in [0, 0.05) is 12.2 Å². The van der Waals surface area contributed by atoms with Crippen molar-refractivity contribution < 1.29 is 18.7 Å². The Bertz CT molecular complexity index is 1420. The van der Waals surface area contributed by atoms with Gasteiger partial charge in [-0.2, -0.15) is 4.99 Å². The van der Waals surface area contributed by atoms with Crippen molar-refractivity contribution >= 4 is 40.7 Å². The molecule has 40 heavy (non-hydrogen) atoms. The van der Waals surface area contributed by atoms with Crippen LogP contribution in [0.2, 0.25) is 0 Å². The lowest BCUT2D eigenvalue weighted by Crippen LogP contribution is -2.40. The summed E-state index contributed by atoms with van der Waals surface area (Å²) in [7, 11) is 3.52. The molecule has 0 radical (unpaired) electrons. The van der Waals surface area contributed by atoms with Gasteiger partial charge in [-0.25, -0.2) is 9.38 Å². The molecule has 12 heteroatoms. The summed E-state index contributed by atoms with van der Waals surface area (Å²) in [6, 6.07) is 8.05. The number of ether oxygens (including phenoxy) is 1. The Kier molecular flexibility index (Phi) is 7.69. The normalized spacial score (nSPS) is 19.0. The third kappa shape index (κ3) is 5.34. The number of nitrogens with zero attached hydrogens (tertiary/aromatic N) is 4. The fourth-order valence-corrected chi connectivity index (χ4v) is 5.20. The van der Waals surface area contributed by atoms with E-state index in [0.29, 0.717) is 30.4 Å². The SMILES string of the molecule is CCCN(C)CC(=O)N1CCc2cc(OC)c(NC3=NC4NC=CC4C(Nc4cccc(F)c4C(N)=O)=N3)cc21. The van der Waals surface area contributed by atoms with Crippen molar-refractivity contribution in [3.8, 4) is 5.75 Å². The number of methoxy groups -OCH3 is 1. The summed E-state index contributed by atoms with van der Waals surface area (Å²) in [5, 5.41) is 9.51. The van der Waals surface area contributed by atoms with Gasteiger partial charge in [-0.1, -0.05) is 19.1 Å². The Hall–Kier alpha value is -4.45. The minimum atomic E-state index is -0.886. The summed E-state index contributed by atoms with van der Waals surface area (Å²) < 4.78 is 20.0. The molecule has 11 nitrogen and oxygen atoms in total. The quantitative estimate of drug-likeness (QED) is 0.398. The van der Waals surface area contributed by atoms with Crippen LogP contribution in [0, 0.1) is 11.7 Å². The summed E-state index contributed by atoms with van der Waals surface area (Å²) in [5.41, 5.74) is 7.85. The molecule has 3 heterocycles. The number of hydrogen-bond acceptors (Lipinski definition) is 9. The molecular formula is C28H33FN8O3. The second kappa shape index (κ2) is 11.3. The van der Waals surface area contributed by atoms with E-state index >= 15 is 0 Å². The molecule has 2 atom stereocenters. The summed E-state index contributed by atoms with van der Waals surface area (Å²) in [5.74, 6) is -0.533. The summed E-state index contributed by atoms with van der Waals surface area (Å²) in [6.07, 6.45) is 4.99. The predicted molar refractivity (Wildman–Crippen MR) is 153 cm³/mol. The molecule has 2 aromatic carbocycles. The highest BCUT2D eigenvalue weighted by atomic mass is 19.1. The lowest BCUT2D eigenvalue weighted by atomic mass is 10.0. The number of anilines is 3. The first-order valence-electron chi connectivity index (χ1n) is 13.2. The lowest BCUT2D eigenvalue weighted by Gasteiger charge is -2.26. The maximum Gasteiger partial charge on any atom is 0.253 e. The average Bonchev–Trinajstić information content (AvgIpc) is 3.55. The number of amidine groups is 1. The molecule has 0 spiro atoms. The van der Waals surface area contributed by atoms with Crippen molar-refractivity contribution in [2.75, 3.05) is 49.3 Å². The standard InChI is InChI=1S/C28H33FN8O3/c1-4-11-36(2)15-23(38)37-12-9-16-13-22(40-3)20(14-21(16)37)33-28-34-26-17(8-10-31-26)27(35-28)32-19-7-5-6-18(29)24(19)25(30)39/h5-8,10,13-14,17,26,31H,4,9,11-12,15H2,1-3H3,(H2,30,39)(H2,32,33,34,35). The van der Waals surface area contributed by atoms with Gasteiger partial charge in [0.25, 0.3) is 5.91 Å². The largest absolute Gasteiger partial charge is 0.495 e. The number of rotatable bonds is 8. The molecule has 3 aliphatic rings. The molecule has 0 bridgehead atoms. The van der Waals surface area contributed by atoms with Gasteiger partial charge in [0.1, 0.15) is 23.6 Å². The molecular weight excluding hydrogens is 515 g/mol. The molecule has 3 aliphatic heterocycles. The van der Waals surface area contributed by atoms with Gasteiger partial charge in [-0.05, 0) is 62.5 Å². The van der Waals surface area contributed by atoms with E-state index in [2.05, 4.69) is 32.9 Å². The number of aliphatic imine (C=N–C) groups is 2. The number of nitrogens with one attached hydrogen (secondary N) is 3. The van der Waals surface area contributed by atoms with Crippen molar-refractivity contribution in [3.63, 3.8) is 0 Å². The summed E-state index contributed by atoms with van der Waals surface area (Å²) >= 11 is 0. The Morgan fingerprint density at radius 1 is 1.27 bits per heavy atom. The number of guanidine groups is 1. The Morgan fingerprint density at radius 3 is 2.85 bits per heavy atom. The zero-order valence-electron chi connectivity index (χ0n) is 22.7. The fourth-order valence-electron chi connectivity index (χ4n) is 5.20. The molecule has 0 fully saturated rings. The van der Waals surface area contributed by atoms with E-state index in [1.165, 1.54) is 12.1 Å². The van der Waals surface area contributed by atoms with E-state index in [4.69, 9.17) is 10.5 Å². The fraction of sp³-hybridized carbons (Fsp3) is 0.357. The Morgan fingerprint density at radius 2 is 2.10 bits per heavy atom. The predicted octanol–water partition coefficient (Wildman–Crippen LogP) is 2.52. The number of primary amides is 1. The van der Waals surface area contributed by atoms with Gasteiger partial charge in [-0.15, -0.1) is 0 Å². The van der Waals surface area contributed by atoms with Crippen LogP contribution in [0.15, 0.2) is 52.6 Å². The summed E-state index contributed by atoms with van der Waals surface area (Å²) in [4.78, 5) is 38.2. The highest BCUT2D eigenvalue weighted by Gasteiger charge is 2.33. The second-order valence-corrected chi connectivity index (χ2v) is 9.94. The van der Waals surface area contributed by atoms with Crippen LogP contribution in [-0.2, 0) is 11.2 Å². The van der Waals surface area contributed by atoms with Crippen LogP contribution in [0.3, 0.4) is 0 Å². The van der Waals surface area contributed by atoms with Crippen molar-refractivity contribution in [3.05, 3.63) is 59.6 Å². The second-order valence-electron chi connectivity index (χ2n) is 9.94. The number of nitrogens with two attached hydrogens (primary N) is 1. The molecule has 5 rings (SSSR count). The Balaban J connectivity index is 1.43. The van der Waals surface area contributed by atoms with Gasteiger partial charge in [0.05, 0.1) is 36.5 Å². The minimum Gasteiger partial charge on any atom is -0.495 e. The highest BCUT2D eigenvalue weighted by molar-refractivity contribution is 6.13. The van der Waals surface area contributed by atoms with Crippen molar-refractivity contribution in [2.45, 2.75) is 25.9 Å². The first-order chi connectivity index (χ1) is 19.3. The third-order valence-electron chi connectivity index (χ3n) is 7.09. The monoisotopic (exact) mass is 548 g/mol. The van der Waals surface area contributed by atoms with E-state index in [-0.39, 0.29) is 35.2 Å². The maximum absolute atomic E-state index is 14.4. The van der Waals surface area contributed by atoms with Crippen LogP contribution in [0.1, 0.15) is 29.3 Å². The smallest absolute Gasteiger partial charge is 0.253 e. The van der Waals surface area contributed by atoms with Crippen molar-refractivity contribution in [1.29, 1.82) is 0 Å². The number of benzene rings is 2. The molecule has 5 N–H and O–H groups in total. The average molecular weight is 549 g/mol. The van der Waals surface area contributed by atoms with E-state index in [1.807, 2.05) is 30.2 Å². The first-order valence-corrected chi connectivity index (χ1v) is 13.2. The number of fused-ring (bicyclic) bond motifs is 2. The molecule has 0 saturated carbocycles. The molecule has 210 valence electrons. The minimum absolute atomic E-state index is 0.0368. The molecule has 2 amide bonds. The van der Waals surface area contributed by atoms with Crippen LogP contribution < -0.4 is 31.3 Å². The van der Waals surface area contributed by atoms with Gasteiger partial charge in [0.15, 0.2) is 0 Å². The number of halogens is 1. The number of carbonyl (C=O) groups is 2. The topological polar surface area (TPSA) is 137 Å². The van der Waals surface area contributed by atoms with E-state index in [9.17, 15) is 14.0 Å². The van der Waals surface area contributed by atoms with Crippen molar-refractivity contribution in [2.24, 2.45) is 21.6 Å². The van der Waals surface area contributed by atoms with E-state index in [1.54, 1.807) is 24.3 Å². The number of amides is 2. The van der Waals surface area contributed by atoms with Gasteiger partial charge in [-0.3, -0.25) is 14.5 Å². The lowest BCUT2D eigenvalue weighted by molar-refractivity contribution is -0.119. The zero-order valence-corrected chi connectivity index (χ0v) is 22.7. The van der Waals surface area contributed by atoms with Crippen LogP contribution in [-0.4, -0.2) is 68.5 Å². The van der Waals surface area contributed by atoms with Gasteiger partial charge in [0.2, 0.25) is 11.9 Å². The van der Waals surface area contributed by atoms with Crippen LogP contribution in [0.5, 0.6) is 5.75 Å². The maximum atomic E-state index is 14.4. The number of hydrogen-bond donors (Lipinski definition) is 4. The molecule has 0 saturated heterocycles. The van der Waals surface area contributed by atoms with Crippen LogP contribution >= 0.6 is 0 Å². The molecule has 2 aromatic rings. The van der Waals surface area contributed by atoms with E-state index in [0.717, 1.165) is 30.6 Å². The Labute approximate surface area is 232 Å². The molecule has 0 aromatic heterocycles. The van der Waals surface area contributed by atoms with Crippen LogP contribution in [0.25, 0.3) is 0 Å². The molecule has 2 unspecified atom stereocenters.